The summed E-state index contributed by atoms with van der Waals surface area (Å²) < 4.78 is 5.50. The molecule has 2 aliphatic heterocycles. The molecule has 0 bridgehead atoms. The number of rotatable bonds is 8. The molecule has 1 saturated carbocycles. The molecule has 3 aliphatic rings. The summed E-state index contributed by atoms with van der Waals surface area (Å²) in [5.74, 6) is 0.0121. The number of carbonyl (C=O) groups excluding carboxylic acids is 2. The van der Waals surface area contributed by atoms with Crippen LogP contribution in [0.3, 0.4) is 0 Å². The molecular formula is C35H51N5O3. The first-order valence-corrected chi connectivity index (χ1v) is 16.2. The Balaban J connectivity index is 1.40. The highest BCUT2D eigenvalue weighted by Crippen LogP contribution is 2.35. The molecule has 3 fully saturated rings. The molecule has 0 spiro atoms. The lowest BCUT2D eigenvalue weighted by Crippen LogP contribution is -2.51. The summed E-state index contributed by atoms with van der Waals surface area (Å²) in [6, 6.07) is 13.9. The van der Waals surface area contributed by atoms with Gasteiger partial charge < -0.3 is 25.6 Å². The van der Waals surface area contributed by atoms with Gasteiger partial charge in [-0.15, -0.1) is 0 Å². The zero-order valence-electron chi connectivity index (χ0n) is 26.8. The summed E-state index contributed by atoms with van der Waals surface area (Å²) in [5.41, 5.74) is 12.3. The molecule has 43 heavy (non-hydrogen) atoms. The highest BCUT2D eigenvalue weighted by Gasteiger charge is 2.36. The van der Waals surface area contributed by atoms with Crippen molar-refractivity contribution >= 4 is 17.5 Å². The number of nitrogens with zero attached hydrogens (tertiary/aromatic N) is 3. The average Bonchev–Trinajstić information content (AvgIpc) is 3.01. The van der Waals surface area contributed by atoms with E-state index in [4.69, 9.17) is 10.5 Å². The molecule has 2 saturated heterocycles. The number of nitrogens with two attached hydrogens (primary N) is 1. The number of morpholine rings is 1. The number of hydrogen-bond donors (Lipinski definition) is 2. The number of ether oxygens (including phenoxy) is 1. The predicted molar refractivity (Wildman–Crippen MR) is 173 cm³/mol. The predicted octanol–water partition coefficient (Wildman–Crippen LogP) is 4.43. The second kappa shape index (κ2) is 13.8. The van der Waals surface area contributed by atoms with Crippen LogP contribution in [0.5, 0.6) is 0 Å². The van der Waals surface area contributed by atoms with Crippen LogP contribution in [0.4, 0.5) is 5.69 Å². The molecule has 3 unspecified atom stereocenters. The first-order chi connectivity index (χ1) is 20.6. The van der Waals surface area contributed by atoms with Gasteiger partial charge in [0.1, 0.15) is 0 Å². The quantitative estimate of drug-likeness (QED) is 0.474. The third kappa shape index (κ3) is 7.24. The van der Waals surface area contributed by atoms with Gasteiger partial charge in [0.2, 0.25) is 5.91 Å². The molecule has 2 aromatic rings. The normalized spacial score (nSPS) is 26.8. The molecule has 2 amide bonds. The van der Waals surface area contributed by atoms with Crippen molar-refractivity contribution in [1.29, 1.82) is 0 Å². The van der Waals surface area contributed by atoms with Crippen LogP contribution in [0.2, 0.25) is 0 Å². The molecule has 8 nitrogen and oxygen atoms in total. The number of likely N-dealkylation sites (tertiary alicyclic amines) is 1. The highest BCUT2D eigenvalue weighted by molar-refractivity contribution is 5.99. The van der Waals surface area contributed by atoms with E-state index in [9.17, 15) is 9.59 Å². The van der Waals surface area contributed by atoms with Gasteiger partial charge in [-0.3, -0.25) is 14.5 Å². The molecule has 1 aliphatic carbocycles. The number of piperidine rings is 1. The monoisotopic (exact) mass is 589 g/mol. The van der Waals surface area contributed by atoms with Crippen molar-refractivity contribution in [3.63, 3.8) is 0 Å². The summed E-state index contributed by atoms with van der Waals surface area (Å²) in [6.45, 7) is 11.0. The lowest BCUT2D eigenvalue weighted by Gasteiger charge is -2.39. The Hall–Kier alpha value is -2.94. The van der Waals surface area contributed by atoms with Gasteiger partial charge in [-0.2, -0.15) is 0 Å². The van der Waals surface area contributed by atoms with Gasteiger partial charge in [-0.05, 0) is 86.3 Å². The fourth-order valence-corrected chi connectivity index (χ4v) is 7.14. The van der Waals surface area contributed by atoms with Crippen molar-refractivity contribution in [2.45, 2.75) is 77.5 Å². The second-order valence-electron chi connectivity index (χ2n) is 13.3. The van der Waals surface area contributed by atoms with Crippen LogP contribution in [-0.2, 0) is 16.1 Å². The van der Waals surface area contributed by atoms with Crippen molar-refractivity contribution in [2.24, 2.45) is 17.6 Å². The van der Waals surface area contributed by atoms with E-state index in [0.29, 0.717) is 18.2 Å². The lowest BCUT2D eigenvalue weighted by atomic mass is 9.83. The SMILES string of the molecule is Cc1c(C(=O)NCC2C(=O)N(C)C(C)CC2C)cc(-c2ccc(CN3CCOCC3)cc2)cc1N(C)[C@H]1CC[C@@H](N)CC1. The van der Waals surface area contributed by atoms with Crippen LogP contribution in [0.25, 0.3) is 11.1 Å². The number of amides is 2. The Kier molecular flexibility index (Phi) is 10.1. The van der Waals surface area contributed by atoms with E-state index in [1.54, 1.807) is 0 Å². The molecule has 0 radical (unpaired) electrons. The second-order valence-corrected chi connectivity index (χ2v) is 13.3. The molecule has 3 N–H and O–H groups in total. The van der Waals surface area contributed by atoms with Crippen LogP contribution in [-0.4, -0.2) is 86.7 Å². The Labute approximate surface area is 257 Å². The smallest absolute Gasteiger partial charge is 0.251 e. The first-order valence-electron chi connectivity index (χ1n) is 16.2. The minimum absolute atomic E-state index is 0.116. The van der Waals surface area contributed by atoms with Crippen LogP contribution >= 0.6 is 0 Å². The van der Waals surface area contributed by atoms with E-state index in [-0.39, 0.29) is 35.7 Å². The van der Waals surface area contributed by atoms with Gasteiger partial charge in [-0.1, -0.05) is 31.2 Å². The third-order valence-electron chi connectivity index (χ3n) is 10.3. The van der Waals surface area contributed by atoms with Gasteiger partial charge in [0, 0.05) is 69.7 Å². The van der Waals surface area contributed by atoms with Crippen molar-refractivity contribution in [3.05, 3.63) is 53.1 Å². The molecule has 2 aromatic carbocycles. The number of carbonyl (C=O) groups is 2. The van der Waals surface area contributed by atoms with E-state index in [1.165, 1.54) is 5.56 Å². The maximum atomic E-state index is 13.8. The molecule has 234 valence electrons. The largest absolute Gasteiger partial charge is 0.379 e. The molecule has 0 aromatic heterocycles. The Bertz CT molecular complexity index is 1270. The molecule has 8 heteroatoms. The molecule has 3 atom stereocenters. The van der Waals surface area contributed by atoms with Crippen molar-refractivity contribution in [2.75, 3.05) is 51.8 Å². The highest BCUT2D eigenvalue weighted by atomic mass is 16.5. The summed E-state index contributed by atoms with van der Waals surface area (Å²) in [7, 11) is 4.02. The maximum Gasteiger partial charge on any atom is 0.251 e. The number of benzene rings is 2. The summed E-state index contributed by atoms with van der Waals surface area (Å²) in [6.07, 6.45) is 5.08. The average molecular weight is 590 g/mol. The first kappa shape index (κ1) is 31.5. The number of hydrogen-bond acceptors (Lipinski definition) is 6. The number of nitrogens with one attached hydrogen (secondary N) is 1. The van der Waals surface area contributed by atoms with E-state index in [0.717, 1.165) is 87.3 Å². The maximum absolute atomic E-state index is 13.8. The molecular weight excluding hydrogens is 538 g/mol. The van der Waals surface area contributed by atoms with Gasteiger partial charge >= 0.3 is 0 Å². The van der Waals surface area contributed by atoms with E-state index in [2.05, 4.69) is 66.3 Å². The van der Waals surface area contributed by atoms with Crippen LogP contribution < -0.4 is 16.0 Å². The van der Waals surface area contributed by atoms with Gasteiger partial charge in [0.15, 0.2) is 0 Å². The topological polar surface area (TPSA) is 91.1 Å². The minimum atomic E-state index is -0.207. The van der Waals surface area contributed by atoms with E-state index < -0.39 is 0 Å². The zero-order valence-corrected chi connectivity index (χ0v) is 26.8. The minimum Gasteiger partial charge on any atom is -0.379 e. The van der Waals surface area contributed by atoms with Crippen molar-refractivity contribution < 1.29 is 14.3 Å². The van der Waals surface area contributed by atoms with Gasteiger partial charge in [0.05, 0.1) is 19.1 Å². The Morgan fingerprint density at radius 3 is 2.40 bits per heavy atom. The molecule has 2 heterocycles. The van der Waals surface area contributed by atoms with Crippen LogP contribution in [0.15, 0.2) is 36.4 Å². The molecule has 5 rings (SSSR count). The number of anilines is 1. The summed E-state index contributed by atoms with van der Waals surface area (Å²) in [5, 5.41) is 3.15. The van der Waals surface area contributed by atoms with Gasteiger partial charge in [0.25, 0.3) is 5.91 Å². The Morgan fingerprint density at radius 2 is 1.72 bits per heavy atom. The lowest BCUT2D eigenvalue weighted by molar-refractivity contribution is -0.141. The fourth-order valence-electron chi connectivity index (χ4n) is 7.14. The van der Waals surface area contributed by atoms with Crippen molar-refractivity contribution in [3.8, 4) is 11.1 Å². The zero-order chi connectivity index (χ0) is 30.7. The third-order valence-corrected chi connectivity index (χ3v) is 10.3. The summed E-state index contributed by atoms with van der Waals surface area (Å²) >= 11 is 0. The van der Waals surface area contributed by atoms with Crippen LogP contribution in [0, 0.1) is 18.8 Å². The summed E-state index contributed by atoms with van der Waals surface area (Å²) in [4.78, 5) is 33.5. The fraction of sp³-hybridized carbons (Fsp3) is 0.600. The van der Waals surface area contributed by atoms with E-state index in [1.807, 2.05) is 24.9 Å². The van der Waals surface area contributed by atoms with Gasteiger partial charge in [-0.25, -0.2) is 0 Å². The Morgan fingerprint density at radius 1 is 1.05 bits per heavy atom. The van der Waals surface area contributed by atoms with Crippen LogP contribution in [0.1, 0.15) is 67.4 Å². The standard InChI is InChI=1S/C35H51N5O3/c1-23-18-24(2)38(4)35(42)32(23)21-37-34(41)31-19-28(20-33(25(31)3)39(5)30-12-10-29(36)11-13-30)27-8-6-26(7-9-27)22-40-14-16-43-17-15-40/h6-9,19-20,23-24,29-30,32H,10-18,21-22,36H2,1-5H3,(H,37,41)/t23?,24?,29-,30+,32?. The van der Waals surface area contributed by atoms with Crippen molar-refractivity contribution in [1.82, 2.24) is 15.1 Å². The van der Waals surface area contributed by atoms with E-state index >= 15 is 0 Å².